The van der Waals surface area contributed by atoms with Crippen molar-refractivity contribution < 1.29 is 4.74 Å². The maximum atomic E-state index is 5.09. The van der Waals surface area contributed by atoms with Gasteiger partial charge in [0.15, 0.2) is 5.85 Å². The molecule has 3 nitrogen and oxygen atoms in total. The van der Waals surface area contributed by atoms with Gasteiger partial charge in [-0.2, -0.15) is 0 Å². The standard InChI is InChI=1S/C4H11N2O/c1-3-7-4(2,5)6/h2-3,5-6H2,1H3. The molecule has 0 heterocycles. The first-order chi connectivity index (χ1) is 3.06. The molecule has 0 aliphatic carbocycles. The maximum absolute atomic E-state index is 5.09. The van der Waals surface area contributed by atoms with Crippen LogP contribution in [0.3, 0.4) is 0 Å². The van der Waals surface area contributed by atoms with E-state index in [1.54, 1.807) is 6.92 Å². The van der Waals surface area contributed by atoms with E-state index in [2.05, 4.69) is 11.7 Å². The van der Waals surface area contributed by atoms with Crippen LogP contribution in [0.25, 0.3) is 0 Å². The van der Waals surface area contributed by atoms with E-state index in [0.717, 1.165) is 0 Å². The SMILES string of the molecule is [CH2]C(N)(N)OCC. The highest BCUT2D eigenvalue weighted by atomic mass is 16.5. The second kappa shape index (κ2) is 2.26. The molecule has 0 bridgehead atoms. The average molecular weight is 103 g/mol. The summed E-state index contributed by atoms with van der Waals surface area (Å²) in [6.07, 6.45) is 0. The second-order valence-corrected chi connectivity index (χ2v) is 1.39. The summed E-state index contributed by atoms with van der Waals surface area (Å²) in [7, 11) is 0. The molecule has 0 saturated carbocycles. The Bertz CT molecular complexity index is 48.1. The van der Waals surface area contributed by atoms with E-state index in [1.165, 1.54) is 0 Å². The van der Waals surface area contributed by atoms with Crippen molar-refractivity contribution in [2.75, 3.05) is 6.61 Å². The predicted molar refractivity (Wildman–Crippen MR) is 28.1 cm³/mol. The van der Waals surface area contributed by atoms with Crippen molar-refractivity contribution in [1.82, 2.24) is 0 Å². The first-order valence-corrected chi connectivity index (χ1v) is 2.13. The topological polar surface area (TPSA) is 61.3 Å². The maximum Gasteiger partial charge on any atom is 0.169 e. The van der Waals surface area contributed by atoms with Crippen molar-refractivity contribution in [3.8, 4) is 0 Å². The number of hydrogen-bond acceptors (Lipinski definition) is 3. The minimum absolute atomic E-state index is 0.497. The highest BCUT2D eigenvalue weighted by Gasteiger charge is 2.07. The lowest BCUT2D eigenvalue weighted by molar-refractivity contribution is 0.00670. The van der Waals surface area contributed by atoms with Crippen molar-refractivity contribution in [2.24, 2.45) is 11.5 Å². The second-order valence-electron chi connectivity index (χ2n) is 1.39. The third-order valence-electron chi connectivity index (χ3n) is 0.413. The smallest absolute Gasteiger partial charge is 0.169 e. The van der Waals surface area contributed by atoms with E-state index in [4.69, 9.17) is 11.5 Å². The molecule has 0 unspecified atom stereocenters. The molecule has 0 spiro atoms. The molecule has 0 saturated heterocycles. The van der Waals surface area contributed by atoms with Gasteiger partial charge in [-0.25, -0.2) is 0 Å². The van der Waals surface area contributed by atoms with Crippen LogP contribution in [0.1, 0.15) is 6.92 Å². The van der Waals surface area contributed by atoms with E-state index in [-0.39, 0.29) is 0 Å². The van der Waals surface area contributed by atoms with Crippen LogP contribution in [0.15, 0.2) is 0 Å². The van der Waals surface area contributed by atoms with Gasteiger partial charge >= 0.3 is 0 Å². The summed E-state index contributed by atoms with van der Waals surface area (Å²) in [5.41, 5.74) is 10.2. The zero-order valence-corrected chi connectivity index (χ0v) is 4.48. The summed E-state index contributed by atoms with van der Waals surface area (Å²) >= 11 is 0. The molecule has 0 amide bonds. The summed E-state index contributed by atoms with van der Waals surface area (Å²) < 4.78 is 4.67. The molecule has 0 atom stereocenters. The van der Waals surface area contributed by atoms with E-state index < -0.39 is 5.85 Å². The monoisotopic (exact) mass is 103 g/mol. The quantitative estimate of drug-likeness (QED) is 0.460. The molecular weight excluding hydrogens is 92.1 g/mol. The lowest BCUT2D eigenvalue weighted by atomic mass is 10.5. The van der Waals surface area contributed by atoms with Crippen molar-refractivity contribution in [2.45, 2.75) is 12.8 Å². The van der Waals surface area contributed by atoms with Crippen molar-refractivity contribution in [3.63, 3.8) is 0 Å². The molecule has 7 heavy (non-hydrogen) atoms. The molecule has 0 rings (SSSR count). The molecular formula is C4H11N2O. The van der Waals surface area contributed by atoms with Crippen LogP contribution in [-0.4, -0.2) is 12.5 Å². The van der Waals surface area contributed by atoms with Crippen LogP contribution < -0.4 is 11.5 Å². The van der Waals surface area contributed by atoms with Gasteiger partial charge in [0.05, 0.1) is 0 Å². The first-order valence-electron chi connectivity index (χ1n) is 2.13. The van der Waals surface area contributed by atoms with E-state index in [9.17, 15) is 0 Å². The van der Waals surface area contributed by atoms with Crippen LogP contribution in [0.4, 0.5) is 0 Å². The fraction of sp³-hybridized carbons (Fsp3) is 0.750. The predicted octanol–water partition coefficient (Wildman–Crippen LogP) is -0.572. The average Bonchev–Trinajstić information content (AvgIpc) is 1.30. The normalized spacial score (nSPS) is 12.0. The number of nitrogens with two attached hydrogens (primary N) is 2. The Morgan fingerprint density at radius 1 is 1.71 bits per heavy atom. The molecule has 0 aromatic rings. The van der Waals surface area contributed by atoms with Crippen molar-refractivity contribution >= 4 is 0 Å². The van der Waals surface area contributed by atoms with Crippen LogP contribution in [0.5, 0.6) is 0 Å². The number of rotatable bonds is 2. The summed E-state index contributed by atoms with van der Waals surface area (Å²) in [6.45, 7) is 5.60. The van der Waals surface area contributed by atoms with Gasteiger partial charge in [-0.15, -0.1) is 0 Å². The largest absolute Gasteiger partial charge is 0.348 e. The van der Waals surface area contributed by atoms with Crippen LogP contribution in [0, 0.1) is 6.92 Å². The number of hydrogen-bond donors (Lipinski definition) is 2. The van der Waals surface area contributed by atoms with Gasteiger partial charge in [0.25, 0.3) is 0 Å². The molecule has 0 aliphatic heterocycles. The Morgan fingerprint density at radius 2 is 2.14 bits per heavy atom. The first kappa shape index (κ1) is 6.88. The zero-order chi connectivity index (χ0) is 5.91. The minimum Gasteiger partial charge on any atom is -0.348 e. The van der Waals surface area contributed by atoms with Gasteiger partial charge in [0.1, 0.15) is 0 Å². The van der Waals surface area contributed by atoms with Gasteiger partial charge in [-0.3, -0.25) is 11.5 Å². The molecule has 0 aromatic carbocycles. The highest BCUT2D eigenvalue weighted by Crippen LogP contribution is 1.86. The fourth-order valence-electron chi connectivity index (χ4n) is 0.269. The lowest BCUT2D eigenvalue weighted by Gasteiger charge is -2.16. The van der Waals surface area contributed by atoms with Crippen LogP contribution in [-0.2, 0) is 4.74 Å². The zero-order valence-electron chi connectivity index (χ0n) is 4.48. The van der Waals surface area contributed by atoms with E-state index >= 15 is 0 Å². The Hall–Kier alpha value is -0.120. The third kappa shape index (κ3) is 5.88. The van der Waals surface area contributed by atoms with Crippen molar-refractivity contribution in [1.29, 1.82) is 0 Å². The fourth-order valence-corrected chi connectivity index (χ4v) is 0.269. The molecule has 4 N–H and O–H groups in total. The summed E-state index contributed by atoms with van der Waals surface area (Å²) in [4.78, 5) is 0. The van der Waals surface area contributed by atoms with Gasteiger partial charge < -0.3 is 4.74 Å². The molecule has 3 heteroatoms. The lowest BCUT2D eigenvalue weighted by Crippen LogP contribution is -2.48. The summed E-state index contributed by atoms with van der Waals surface area (Å²) in [5, 5.41) is 0. The molecule has 1 radical (unpaired) electrons. The summed E-state index contributed by atoms with van der Waals surface area (Å²) in [5.74, 6) is -1.20. The Balaban J connectivity index is 3.15. The third-order valence-corrected chi connectivity index (χ3v) is 0.413. The Labute approximate surface area is 43.6 Å². The molecule has 43 valence electrons. The molecule has 0 fully saturated rings. The van der Waals surface area contributed by atoms with Crippen LogP contribution in [0.2, 0.25) is 0 Å². The summed E-state index contributed by atoms with van der Waals surface area (Å²) in [6, 6.07) is 0. The molecule has 0 aromatic heterocycles. The van der Waals surface area contributed by atoms with Gasteiger partial charge in [0, 0.05) is 13.5 Å². The van der Waals surface area contributed by atoms with E-state index in [1.807, 2.05) is 0 Å². The van der Waals surface area contributed by atoms with Crippen LogP contribution >= 0.6 is 0 Å². The highest BCUT2D eigenvalue weighted by molar-refractivity contribution is 4.64. The minimum atomic E-state index is -1.20. The molecule has 0 aliphatic rings. The van der Waals surface area contributed by atoms with Gasteiger partial charge in [0.2, 0.25) is 0 Å². The Morgan fingerprint density at radius 3 is 2.14 bits per heavy atom. The Kier molecular flexibility index (Phi) is 2.22. The van der Waals surface area contributed by atoms with E-state index in [0.29, 0.717) is 6.61 Å². The number of ether oxygens (including phenoxy) is 1. The van der Waals surface area contributed by atoms with Gasteiger partial charge in [-0.1, -0.05) is 0 Å². The van der Waals surface area contributed by atoms with Crippen molar-refractivity contribution in [3.05, 3.63) is 6.92 Å². The van der Waals surface area contributed by atoms with Gasteiger partial charge in [-0.05, 0) is 6.92 Å².